The lowest BCUT2D eigenvalue weighted by atomic mass is 9.83. The van der Waals surface area contributed by atoms with Crippen LogP contribution in [0.5, 0.6) is 5.75 Å². The molecule has 1 fully saturated rings. The fourth-order valence-corrected chi connectivity index (χ4v) is 6.51. The number of ether oxygens (including phenoxy) is 1. The van der Waals surface area contributed by atoms with Crippen molar-refractivity contribution < 1.29 is 23.9 Å². The summed E-state index contributed by atoms with van der Waals surface area (Å²) in [5, 5.41) is 10.6. The zero-order chi connectivity index (χ0) is 28.4. The van der Waals surface area contributed by atoms with E-state index in [1.807, 2.05) is 0 Å². The van der Waals surface area contributed by atoms with Crippen LogP contribution in [-0.2, 0) is 9.22 Å². The maximum atomic E-state index is 13.2. The third-order valence-electron chi connectivity index (χ3n) is 8.15. The minimum Gasteiger partial charge on any atom is -0.495 e. The van der Waals surface area contributed by atoms with Crippen molar-refractivity contribution in [2.75, 3.05) is 7.11 Å². The van der Waals surface area contributed by atoms with Gasteiger partial charge >= 0.3 is 5.97 Å². The van der Waals surface area contributed by atoms with Crippen LogP contribution < -0.4 is 10.3 Å². The number of Topliss-reactive ketones (excluding diaryl/α,β-unsaturated/α-hetero) is 1. The summed E-state index contributed by atoms with van der Waals surface area (Å²) >= 11 is 6.19. The number of carboxylic acids is 1. The van der Waals surface area contributed by atoms with Gasteiger partial charge in [-0.2, -0.15) is 0 Å². The fourth-order valence-electron chi connectivity index (χ4n) is 4.92. The summed E-state index contributed by atoms with van der Waals surface area (Å²) in [5.74, 6) is -0.773. The number of rotatable bonds is 9. The number of hydrogen-bond donors (Lipinski definition) is 1. The molecule has 208 valence electrons. The van der Waals surface area contributed by atoms with Crippen molar-refractivity contribution in [2.24, 2.45) is 5.92 Å². The summed E-state index contributed by atoms with van der Waals surface area (Å²) in [6, 6.07) is 5.13. The van der Waals surface area contributed by atoms with E-state index in [0.717, 1.165) is 25.7 Å². The number of benzene rings is 1. The Bertz CT molecular complexity index is 1240. The molecule has 1 N–H and O–H groups in total. The Morgan fingerprint density at radius 3 is 2.29 bits per heavy atom. The van der Waals surface area contributed by atoms with Gasteiger partial charge in [0.1, 0.15) is 11.8 Å². The largest absolute Gasteiger partial charge is 0.495 e. The smallest absolute Gasteiger partial charge is 0.326 e. The topological polar surface area (TPSA) is 94.8 Å². The van der Waals surface area contributed by atoms with E-state index >= 15 is 0 Å². The number of pyridine rings is 1. The zero-order valence-corrected chi connectivity index (χ0v) is 25.2. The molecule has 0 radical (unpaired) electrons. The number of nitrogens with zero attached hydrogens (tertiary/aromatic N) is 1. The Morgan fingerprint density at radius 2 is 1.76 bits per heavy atom. The number of ketones is 1. The first-order valence-electron chi connectivity index (χ1n) is 13.2. The minimum absolute atomic E-state index is 0.140. The van der Waals surface area contributed by atoms with Crippen molar-refractivity contribution in [3.63, 3.8) is 0 Å². The third-order valence-corrected chi connectivity index (χ3v) is 12.9. The van der Waals surface area contributed by atoms with Crippen molar-refractivity contribution in [2.45, 2.75) is 90.1 Å². The van der Waals surface area contributed by atoms with Gasteiger partial charge < -0.3 is 14.3 Å². The monoisotopic (exact) mass is 561 g/mol. The third kappa shape index (κ3) is 6.76. The molecule has 1 aliphatic rings. The van der Waals surface area contributed by atoms with Crippen LogP contribution in [0, 0.1) is 5.92 Å². The van der Waals surface area contributed by atoms with Crippen LogP contribution in [0.2, 0.25) is 23.2 Å². The Labute approximate surface area is 231 Å². The second-order valence-corrected chi connectivity index (χ2v) is 17.1. The first-order valence-corrected chi connectivity index (χ1v) is 16.4. The fraction of sp³-hybridized carbons (Fsp3) is 0.552. The normalized spacial score (nSPS) is 19.2. The van der Waals surface area contributed by atoms with Crippen LogP contribution in [0.1, 0.15) is 76.2 Å². The van der Waals surface area contributed by atoms with Crippen molar-refractivity contribution in [3.8, 4) is 16.9 Å². The second kappa shape index (κ2) is 11.8. The number of carbonyl (C=O) groups excluding carboxylic acids is 1. The number of carbonyl (C=O) groups is 2. The molecule has 38 heavy (non-hydrogen) atoms. The number of carboxylic acid groups (broad SMARTS) is 1. The number of methoxy groups -OCH3 is 1. The predicted molar refractivity (Wildman–Crippen MR) is 153 cm³/mol. The molecule has 3 rings (SSSR count). The lowest BCUT2D eigenvalue weighted by Crippen LogP contribution is -2.44. The van der Waals surface area contributed by atoms with Gasteiger partial charge in [-0.15, -0.1) is 0 Å². The molecule has 0 spiro atoms. The summed E-state index contributed by atoms with van der Waals surface area (Å²) < 4.78 is 13.4. The molecule has 0 aliphatic heterocycles. The van der Waals surface area contributed by atoms with Crippen molar-refractivity contribution >= 4 is 31.7 Å². The first-order chi connectivity index (χ1) is 17.6. The molecule has 2 aromatic rings. The first kappa shape index (κ1) is 30.1. The molecule has 1 aromatic carbocycles. The summed E-state index contributed by atoms with van der Waals surface area (Å²) in [6.45, 7) is 12.6. The summed E-state index contributed by atoms with van der Waals surface area (Å²) in [6.07, 6.45) is 5.49. The SMILES string of the molecule is COc1cn(C(C[C@H]2CC[C@H](O[Si](C)(C)C(C)(C)C)CC2)C(=O)O)c(=O)cc1-c1cc(Cl)ccc1C(C)=O. The van der Waals surface area contributed by atoms with E-state index in [4.69, 9.17) is 20.8 Å². The van der Waals surface area contributed by atoms with Gasteiger partial charge in [0.05, 0.1) is 13.3 Å². The van der Waals surface area contributed by atoms with Crippen molar-refractivity contribution in [1.82, 2.24) is 4.57 Å². The zero-order valence-electron chi connectivity index (χ0n) is 23.5. The number of aliphatic carboxylic acids is 1. The van der Waals surface area contributed by atoms with Crippen LogP contribution in [0.4, 0.5) is 0 Å². The van der Waals surface area contributed by atoms with Gasteiger partial charge in [-0.1, -0.05) is 32.4 Å². The molecule has 0 saturated heterocycles. The maximum Gasteiger partial charge on any atom is 0.326 e. The van der Waals surface area contributed by atoms with Crippen LogP contribution in [0.3, 0.4) is 0 Å². The van der Waals surface area contributed by atoms with Gasteiger partial charge in [-0.3, -0.25) is 14.2 Å². The number of halogens is 1. The van der Waals surface area contributed by atoms with Gasteiger partial charge in [0.25, 0.3) is 5.56 Å². The molecule has 1 atom stereocenters. The Balaban J connectivity index is 1.84. The molecule has 7 nitrogen and oxygen atoms in total. The maximum absolute atomic E-state index is 13.2. The lowest BCUT2D eigenvalue weighted by Gasteiger charge is -2.41. The highest BCUT2D eigenvalue weighted by atomic mass is 35.5. The number of hydrogen-bond acceptors (Lipinski definition) is 5. The average molecular weight is 562 g/mol. The molecule has 9 heteroatoms. The highest BCUT2D eigenvalue weighted by molar-refractivity contribution is 6.74. The second-order valence-electron chi connectivity index (χ2n) is 11.9. The van der Waals surface area contributed by atoms with Crippen LogP contribution in [0.15, 0.2) is 35.3 Å². The number of aromatic nitrogens is 1. The lowest BCUT2D eigenvalue weighted by molar-refractivity contribution is -0.141. The summed E-state index contributed by atoms with van der Waals surface area (Å²) in [4.78, 5) is 37.8. The predicted octanol–water partition coefficient (Wildman–Crippen LogP) is 6.98. The molecular formula is C29H40ClNO6Si. The standard InChI is InChI=1S/C29H40ClNO6Si/c1-18(32)22-13-10-20(30)15-23(22)24-16-27(33)31(17-26(24)36-5)25(28(34)35)14-19-8-11-21(12-9-19)37-38(6,7)29(2,3)4/h10,13,15-17,19,21,25H,8-9,11-12,14H2,1-7H3,(H,34,35)/t19-,21-,25?. The molecule has 1 heterocycles. The van der Waals surface area contributed by atoms with Gasteiger partial charge in [-0.05, 0) is 86.8 Å². The Kier molecular flexibility index (Phi) is 9.32. The molecule has 1 saturated carbocycles. The quantitative estimate of drug-likeness (QED) is 0.262. The van der Waals surface area contributed by atoms with Crippen molar-refractivity contribution in [1.29, 1.82) is 0 Å². The Hall–Kier alpha value is -2.42. The average Bonchev–Trinajstić information content (AvgIpc) is 2.82. The van der Waals surface area contributed by atoms with Gasteiger partial charge in [0, 0.05) is 28.3 Å². The molecule has 1 aliphatic carbocycles. The summed E-state index contributed by atoms with van der Waals surface area (Å²) in [7, 11) is -0.417. The van der Waals surface area contributed by atoms with E-state index in [1.54, 1.807) is 18.2 Å². The van der Waals surface area contributed by atoms with Crippen LogP contribution >= 0.6 is 11.6 Å². The van der Waals surface area contributed by atoms with E-state index in [9.17, 15) is 19.5 Å². The van der Waals surface area contributed by atoms with Gasteiger partial charge in [-0.25, -0.2) is 4.79 Å². The molecule has 0 bridgehead atoms. The molecule has 0 amide bonds. The highest BCUT2D eigenvalue weighted by Crippen LogP contribution is 2.41. The van der Waals surface area contributed by atoms with E-state index in [1.165, 1.54) is 30.9 Å². The van der Waals surface area contributed by atoms with E-state index in [2.05, 4.69) is 33.9 Å². The molecule has 1 unspecified atom stereocenters. The summed E-state index contributed by atoms with van der Waals surface area (Å²) in [5.41, 5.74) is 0.792. The van der Waals surface area contributed by atoms with Crippen LogP contribution in [-0.4, -0.2) is 43.0 Å². The van der Waals surface area contributed by atoms with E-state index < -0.39 is 25.9 Å². The minimum atomic E-state index is -1.87. The molecular weight excluding hydrogens is 522 g/mol. The van der Waals surface area contributed by atoms with E-state index in [-0.39, 0.29) is 22.8 Å². The van der Waals surface area contributed by atoms with Gasteiger partial charge in [0.15, 0.2) is 14.1 Å². The van der Waals surface area contributed by atoms with Gasteiger partial charge in [0.2, 0.25) is 0 Å². The molecule has 1 aromatic heterocycles. The van der Waals surface area contributed by atoms with E-state index in [0.29, 0.717) is 33.9 Å². The Morgan fingerprint density at radius 1 is 1.13 bits per heavy atom. The van der Waals surface area contributed by atoms with Crippen LogP contribution in [0.25, 0.3) is 11.1 Å². The highest BCUT2D eigenvalue weighted by Gasteiger charge is 2.40. The van der Waals surface area contributed by atoms with Crippen molar-refractivity contribution in [3.05, 3.63) is 51.4 Å².